The molecule has 1 aromatic carbocycles. The standard InChI is InChI=1S/C15H21NO3/c1-3-19-15(14(17)18-2)9-10-16(12-15)11-13-7-5-4-6-8-13/h4-8H,3,9-12H2,1-2H3. The maximum absolute atomic E-state index is 12.0. The Bertz CT molecular complexity index is 421. The van der Waals surface area contributed by atoms with E-state index < -0.39 is 5.60 Å². The molecular weight excluding hydrogens is 242 g/mol. The second kappa shape index (κ2) is 6.17. The fraction of sp³-hybridized carbons (Fsp3) is 0.533. The van der Waals surface area contributed by atoms with Crippen molar-refractivity contribution < 1.29 is 14.3 Å². The van der Waals surface area contributed by atoms with Gasteiger partial charge in [-0.3, -0.25) is 4.90 Å². The third-order valence-electron chi connectivity index (χ3n) is 3.54. The summed E-state index contributed by atoms with van der Waals surface area (Å²) in [5.41, 5.74) is 0.470. The fourth-order valence-corrected chi connectivity index (χ4v) is 2.64. The molecule has 104 valence electrons. The Labute approximate surface area is 114 Å². The lowest BCUT2D eigenvalue weighted by Crippen LogP contribution is -2.45. The average Bonchev–Trinajstić information content (AvgIpc) is 2.84. The quantitative estimate of drug-likeness (QED) is 0.760. The van der Waals surface area contributed by atoms with Crippen LogP contribution in [0.15, 0.2) is 30.3 Å². The zero-order valence-corrected chi connectivity index (χ0v) is 11.6. The van der Waals surface area contributed by atoms with Crippen LogP contribution in [-0.4, -0.2) is 43.3 Å². The number of esters is 1. The van der Waals surface area contributed by atoms with Crippen molar-refractivity contribution in [3.63, 3.8) is 0 Å². The summed E-state index contributed by atoms with van der Waals surface area (Å²) in [5.74, 6) is -0.259. The number of methoxy groups -OCH3 is 1. The van der Waals surface area contributed by atoms with E-state index in [1.165, 1.54) is 12.7 Å². The van der Waals surface area contributed by atoms with E-state index in [0.29, 0.717) is 19.6 Å². The molecule has 1 aromatic rings. The van der Waals surface area contributed by atoms with Crippen molar-refractivity contribution in [2.75, 3.05) is 26.8 Å². The van der Waals surface area contributed by atoms with Crippen LogP contribution in [0.5, 0.6) is 0 Å². The van der Waals surface area contributed by atoms with Crippen molar-refractivity contribution in [1.82, 2.24) is 4.90 Å². The number of hydrogen-bond acceptors (Lipinski definition) is 4. The summed E-state index contributed by atoms with van der Waals surface area (Å²) in [5, 5.41) is 0. The molecular formula is C15H21NO3. The van der Waals surface area contributed by atoms with E-state index in [0.717, 1.165) is 13.1 Å². The first-order chi connectivity index (χ1) is 9.20. The van der Waals surface area contributed by atoms with Crippen LogP contribution in [0.3, 0.4) is 0 Å². The van der Waals surface area contributed by atoms with Crippen molar-refractivity contribution in [2.45, 2.75) is 25.5 Å². The van der Waals surface area contributed by atoms with Crippen LogP contribution in [0.1, 0.15) is 18.9 Å². The van der Waals surface area contributed by atoms with E-state index in [9.17, 15) is 4.79 Å². The molecule has 0 N–H and O–H groups in total. The largest absolute Gasteiger partial charge is 0.467 e. The van der Waals surface area contributed by atoms with E-state index in [1.807, 2.05) is 25.1 Å². The summed E-state index contributed by atoms with van der Waals surface area (Å²) in [4.78, 5) is 14.2. The van der Waals surface area contributed by atoms with Gasteiger partial charge >= 0.3 is 5.97 Å². The summed E-state index contributed by atoms with van der Waals surface area (Å²) in [6, 6.07) is 10.3. The second-order valence-corrected chi connectivity index (χ2v) is 4.87. The molecule has 0 amide bonds. The molecule has 1 atom stereocenters. The maximum Gasteiger partial charge on any atom is 0.339 e. The lowest BCUT2D eigenvalue weighted by molar-refractivity contribution is -0.167. The van der Waals surface area contributed by atoms with Gasteiger partial charge < -0.3 is 9.47 Å². The molecule has 0 saturated carbocycles. The van der Waals surface area contributed by atoms with Crippen molar-refractivity contribution in [1.29, 1.82) is 0 Å². The third-order valence-corrected chi connectivity index (χ3v) is 3.54. The minimum atomic E-state index is -0.779. The number of nitrogens with zero attached hydrogens (tertiary/aromatic N) is 1. The first-order valence-electron chi connectivity index (χ1n) is 6.69. The van der Waals surface area contributed by atoms with Gasteiger partial charge in [0, 0.05) is 32.7 Å². The summed E-state index contributed by atoms with van der Waals surface area (Å²) >= 11 is 0. The molecule has 0 bridgehead atoms. The van der Waals surface area contributed by atoms with Crippen LogP contribution in [0.2, 0.25) is 0 Å². The van der Waals surface area contributed by atoms with Gasteiger partial charge in [0.1, 0.15) is 0 Å². The molecule has 1 heterocycles. The summed E-state index contributed by atoms with van der Waals surface area (Å²) < 4.78 is 10.6. The van der Waals surface area contributed by atoms with Crippen molar-refractivity contribution in [3.8, 4) is 0 Å². The number of carbonyl (C=O) groups is 1. The summed E-state index contributed by atoms with van der Waals surface area (Å²) in [7, 11) is 1.42. The van der Waals surface area contributed by atoms with Gasteiger partial charge in [-0.15, -0.1) is 0 Å². The molecule has 1 saturated heterocycles. The number of hydrogen-bond donors (Lipinski definition) is 0. The van der Waals surface area contributed by atoms with E-state index in [1.54, 1.807) is 0 Å². The lowest BCUT2D eigenvalue weighted by atomic mass is 10.0. The predicted octanol–water partition coefficient (Wildman–Crippen LogP) is 1.84. The van der Waals surface area contributed by atoms with Crippen LogP contribution in [0.25, 0.3) is 0 Å². The summed E-state index contributed by atoms with van der Waals surface area (Å²) in [6.45, 7) is 4.72. The Balaban J connectivity index is 2.02. The number of likely N-dealkylation sites (tertiary alicyclic amines) is 1. The minimum absolute atomic E-state index is 0.259. The third kappa shape index (κ3) is 3.14. The first-order valence-corrected chi connectivity index (χ1v) is 6.69. The van der Waals surface area contributed by atoms with Crippen LogP contribution in [0.4, 0.5) is 0 Å². The van der Waals surface area contributed by atoms with Crippen LogP contribution >= 0.6 is 0 Å². The Kier molecular flexibility index (Phi) is 4.56. The average molecular weight is 263 g/mol. The molecule has 4 heteroatoms. The van der Waals surface area contributed by atoms with Crippen LogP contribution in [-0.2, 0) is 20.8 Å². The molecule has 0 radical (unpaired) electrons. The highest BCUT2D eigenvalue weighted by atomic mass is 16.6. The van der Waals surface area contributed by atoms with Gasteiger partial charge in [-0.1, -0.05) is 30.3 Å². The number of ether oxygens (including phenoxy) is 2. The van der Waals surface area contributed by atoms with Crippen molar-refractivity contribution in [2.24, 2.45) is 0 Å². The Morgan fingerprint density at radius 1 is 1.37 bits per heavy atom. The molecule has 1 unspecified atom stereocenters. The highest BCUT2D eigenvalue weighted by Crippen LogP contribution is 2.28. The Hall–Kier alpha value is -1.39. The zero-order chi connectivity index (χ0) is 13.7. The monoisotopic (exact) mass is 263 g/mol. The van der Waals surface area contributed by atoms with E-state index in [-0.39, 0.29) is 5.97 Å². The highest BCUT2D eigenvalue weighted by molar-refractivity contribution is 5.80. The molecule has 2 rings (SSSR count). The molecule has 1 aliphatic heterocycles. The minimum Gasteiger partial charge on any atom is -0.467 e. The molecule has 1 fully saturated rings. The van der Waals surface area contributed by atoms with E-state index >= 15 is 0 Å². The van der Waals surface area contributed by atoms with Gasteiger partial charge in [-0.25, -0.2) is 4.79 Å². The van der Waals surface area contributed by atoms with Gasteiger partial charge in [0.05, 0.1) is 7.11 Å². The van der Waals surface area contributed by atoms with Crippen molar-refractivity contribution in [3.05, 3.63) is 35.9 Å². The van der Waals surface area contributed by atoms with E-state index in [4.69, 9.17) is 9.47 Å². The van der Waals surface area contributed by atoms with Gasteiger partial charge in [0.2, 0.25) is 0 Å². The molecule has 19 heavy (non-hydrogen) atoms. The number of rotatable bonds is 5. The molecule has 0 spiro atoms. The smallest absolute Gasteiger partial charge is 0.339 e. The molecule has 4 nitrogen and oxygen atoms in total. The molecule has 1 aliphatic rings. The van der Waals surface area contributed by atoms with Crippen molar-refractivity contribution >= 4 is 5.97 Å². The highest BCUT2D eigenvalue weighted by Gasteiger charge is 2.46. The van der Waals surface area contributed by atoms with E-state index in [2.05, 4.69) is 17.0 Å². The molecule has 0 aliphatic carbocycles. The van der Waals surface area contributed by atoms with Gasteiger partial charge in [-0.2, -0.15) is 0 Å². The topological polar surface area (TPSA) is 38.8 Å². The lowest BCUT2D eigenvalue weighted by Gasteiger charge is -2.26. The van der Waals surface area contributed by atoms with Crippen LogP contribution < -0.4 is 0 Å². The number of benzene rings is 1. The Morgan fingerprint density at radius 2 is 2.11 bits per heavy atom. The van der Waals surface area contributed by atoms with Gasteiger partial charge in [0.15, 0.2) is 5.60 Å². The second-order valence-electron chi connectivity index (χ2n) is 4.87. The van der Waals surface area contributed by atoms with Gasteiger partial charge in [0.25, 0.3) is 0 Å². The normalized spacial score (nSPS) is 23.5. The Morgan fingerprint density at radius 3 is 2.74 bits per heavy atom. The van der Waals surface area contributed by atoms with Crippen LogP contribution in [0, 0.1) is 0 Å². The first kappa shape index (κ1) is 14.0. The summed E-state index contributed by atoms with van der Waals surface area (Å²) in [6.07, 6.45) is 0.695. The predicted molar refractivity (Wildman–Crippen MR) is 72.7 cm³/mol. The zero-order valence-electron chi connectivity index (χ0n) is 11.6. The molecule has 0 aromatic heterocycles. The number of carbonyl (C=O) groups excluding carboxylic acids is 1. The SMILES string of the molecule is CCOC1(C(=O)OC)CCN(Cc2ccccc2)C1. The van der Waals surface area contributed by atoms with Gasteiger partial charge in [-0.05, 0) is 12.5 Å². The maximum atomic E-state index is 12.0. The fourth-order valence-electron chi connectivity index (χ4n) is 2.64.